The van der Waals surface area contributed by atoms with Crippen molar-refractivity contribution in [2.75, 3.05) is 39.1 Å². The number of nitrogens with one attached hydrogen (secondary N) is 1. The predicted octanol–water partition coefficient (Wildman–Crippen LogP) is 1.16. The molecule has 1 heterocycles. The third-order valence-corrected chi connectivity index (χ3v) is 1.95. The second-order valence-electron chi connectivity index (χ2n) is 3.85. The number of ether oxygens (including phenoxy) is 1. The lowest BCUT2D eigenvalue weighted by atomic mass is 10.4. The van der Waals surface area contributed by atoms with Crippen molar-refractivity contribution >= 4 is 5.95 Å². The van der Waals surface area contributed by atoms with Crippen LogP contribution in [0.15, 0.2) is 6.07 Å². The summed E-state index contributed by atoms with van der Waals surface area (Å²) in [5.41, 5.74) is 0.908. The first-order chi connectivity index (χ1) is 7.61. The van der Waals surface area contributed by atoms with E-state index >= 15 is 0 Å². The van der Waals surface area contributed by atoms with Crippen LogP contribution in [-0.4, -0.2) is 48.7 Å². The third-order valence-electron chi connectivity index (χ3n) is 1.95. The molecule has 0 radical (unpaired) electrons. The van der Waals surface area contributed by atoms with Crippen LogP contribution >= 0.6 is 0 Å². The molecule has 0 atom stereocenters. The number of nitrogens with zero attached hydrogens (tertiary/aromatic N) is 3. The first-order valence-corrected chi connectivity index (χ1v) is 5.49. The van der Waals surface area contributed by atoms with Gasteiger partial charge in [-0.15, -0.1) is 0 Å². The Bertz CT molecular complexity index is 328. The smallest absolute Gasteiger partial charge is 0.226 e. The highest BCUT2D eigenvalue weighted by molar-refractivity contribution is 5.30. The number of hydrogen-bond acceptors (Lipinski definition) is 5. The second-order valence-corrected chi connectivity index (χ2v) is 3.85. The summed E-state index contributed by atoms with van der Waals surface area (Å²) in [6, 6.07) is 1.84. The zero-order valence-corrected chi connectivity index (χ0v) is 10.4. The topological polar surface area (TPSA) is 50.3 Å². The molecule has 1 N–H and O–H groups in total. The van der Waals surface area contributed by atoms with Crippen LogP contribution < -0.4 is 10.1 Å². The summed E-state index contributed by atoms with van der Waals surface area (Å²) < 4.78 is 5.55. The van der Waals surface area contributed by atoms with Crippen LogP contribution in [0.3, 0.4) is 0 Å². The number of likely N-dealkylation sites (N-methyl/N-ethyl adjacent to an activating group) is 1. The van der Waals surface area contributed by atoms with Crippen molar-refractivity contribution in [1.29, 1.82) is 0 Å². The summed E-state index contributed by atoms with van der Waals surface area (Å²) in [4.78, 5) is 10.6. The molecule has 1 aromatic heterocycles. The minimum absolute atomic E-state index is 0.627. The summed E-state index contributed by atoms with van der Waals surface area (Å²) in [5.74, 6) is 1.26. The van der Waals surface area contributed by atoms with Gasteiger partial charge in [0.15, 0.2) is 0 Å². The SMILES string of the molecule is CCNc1nc(C)cc(OCCN(C)C)n1. The number of aromatic nitrogens is 2. The molecule has 0 spiro atoms. The lowest BCUT2D eigenvalue weighted by molar-refractivity contribution is 0.253. The van der Waals surface area contributed by atoms with Crippen LogP contribution in [0.1, 0.15) is 12.6 Å². The summed E-state index contributed by atoms with van der Waals surface area (Å²) in [5, 5.41) is 3.08. The molecular weight excluding hydrogens is 204 g/mol. The van der Waals surface area contributed by atoms with E-state index in [-0.39, 0.29) is 0 Å². The molecule has 5 heteroatoms. The highest BCUT2D eigenvalue weighted by atomic mass is 16.5. The van der Waals surface area contributed by atoms with Crippen LogP contribution in [0.25, 0.3) is 0 Å². The molecule has 5 nitrogen and oxygen atoms in total. The lowest BCUT2D eigenvalue weighted by Crippen LogP contribution is -2.20. The maximum Gasteiger partial charge on any atom is 0.226 e. The van der Waals surface area contributed by atoms with Gasteiger partial charge in [-0.1, -0.05) is 0 Å². The fraction of sp³-hybridized carbons (Fsp3) is 0.636. The van der Waals surface area contributed by atoms with E-state index in [4.69, 9.17) is 4.74 Å². The van der Waals surface area contributed by atoms with Gasteiger partial charge in [0.1, 0.15) is 6.61 Å². The Morgan fingerprint density at radius 1 is 1.38 bits per heavy atom. The summed E-state index contributed by atoms with van der Waals surface area (Å²) in [7, 11) is 4.03. The number of aryl methyl sites for hydroxylation is 1. The molecular formula is C11H20N4O. The molecule has 1 rings (SSSR count). The maximum atomic E-state index is 5.55. The molecule has 0 aliphatic heterocycles. The molecule has 16 heavy (non-hydrogen) atoms. The van der Waals surface area contributed by atoms with Crippen molar-refractivity contribution in [1.82, 2.24) is 14.9 Å². The molecule has 0 amide bonds. The highest BCUT2D eigenvalue weighted by Crippen LogP contribution is 2.11. The van der Waals surface area contributed by atoms with Crippen molar-refractivity contribution in [3.8, 4) is 5.88 Å². The van der Waals surface area contributed by atoms with Crippen LogP contribution in [0.2, 0.25) is 0 Å². The first-order valence-electron chi connectivity index (χ1n) is 5.49. The molecule has 1 aromatic rings. The number of anilines is 1. The monoisotopic (exact) mass is 224 g/mol. The predicted molar refractivity (Wildman–Crippen MR) is 65.0 cm³/mol. The van der Waals surface area contributed by atoms with Crippen LogP contribution in [0.5, 0.6) is 5.88 Å². The Labute approximate surface area is 96.8 Å². The normalized spacial score (nSPS) is 10.6. The highest BCUT2D eigenvalue weighted by Gasteiger charge is 2.02. The second kappa shape index (κ2) is 6.27. The molecule has 0 fully saturated rings. The van der Waals surface area contributed by atoms with E-state index < -0.39 is 0 Å². The van der Waals surface area contributed by atoms with Gasteiger partial charge in [0.05, 0.1) is 0 Å². The van der Waals surface area contributed by atoms with Gasteiger partial charge >= 0.3 is 0 Å². The van der Waals surface area contributed by atoms with Crippen molar-refractivity contribution in [2.24, 2.45) is 0 Å². The minimum atomic E-state index is 0.627. The van der Waals surface area contributed by atoms with E-state index in [9.17, 15) is 0 Å². The van der Waals surface area contributed by atoms with Gasteiger partial charge in [-0.05, 0) is 27.9 Å². The Kier molecular flexibility index (Phi) is 4.98. The van der Waals surface area contributed by atoms with Gasteiger partial charge in [-0.3, -0.25) is 0 Å². The lowest BCUT2D eigenvalue weighted by Gasteiger charge is -2.11. The number of hydrogen-bond donors (Lipinski definition) is 1. The van der Waals surface area contributed by atoms with E-state index in [0.717, 1.165) is 18.8 Å². The average Bonchev–Trinajstić information content (AvgIpc) is 2.16. The number of rotatable bonds is 6. The van der Waals surface area contributed by atoms with Crippen molar-refractivity contribution in [2.45, 2.75) is 13.8 Å². The fourth-order valence-electron chi connectivity index (χ4n) is 1.18. The zero-order chi connectivity index (χ0) is 12.0. The van der Waals surface area contributed by atoms with Crippen LogP contribution in [-0.2, 0) is 0 Å². The fourth-order valence-corrected chi connectivity index (χ4v) is 1.18. The Morgan fingerprint density at radius 3 is 2.75 bits per heavy atom. The molecule has 0 aromatic carbocycles. The quantitative estimate of drug-likeness (QED) is 0.785. The van der Waals surface area contributed by atoms with Crippen molar-refractivity contribution in [3.63, 3.8) is 0 Å². The largest absolute Gasteiger partial charge is 0.476 e. The third kappa shape index (κ3) is 4.44. The molecule has 0 saturated carbocycles. The molecule has 0 saturated heterocycles. The van der Waals surface area contributed by atoms with E-state index in [2.05, 4.69) is 20.2 Å². The summed E-state index contributed by atoms with van der Waals surface area (Å²) >= 11 is 0. The van der Waals surface area contributed by atoms with Gasteiger partial charge in [0.25, 0.3) is 0 Å². The van der Waals surface area contributed by atoms with E-state index in [1.807, 2.05) is 34.0 Å². The van der Waals surface area contributed by atoms with Gasteiger partial charge in [-0.2, -0.15) is 4.98 Å². The molecule has 0 unspecified atom stereocenters. The average molecular weight is 224 g/mol. The standard InChI is InChI=1S/C11H20N4O/c1-5-12-11-13-9(2)8-10(14-11)16-7-6-15(3)4/h8H,5-7H2,1-4H3,(H,12,13,14). The molecule has 0 aliphatic carbocycles. The maximum absolute atomic E-state index is 5.55. The summed E-state index contributed by atoms with van der Waals surface area (Å²) in [6.07, 6.45) is 0. The zero-order valence-electron chi connectivity index (χ0n) is 10.4. The van der Waals surface area contributed by atoms with Crippen molar-refractivity contribution in [3.05, 3.63) is 11.8 Å². The van der Waals surface area contributed by atoms with E-state index in [1.165, 1.54) is 0 Å². The van der Waals surface area contributed by atoms with Gasteiger partial charge < -0.3 is 15.0 Å². The van der Waals surface area contributed by atoms with Crippen LogP contribution in [0.4, 0.5) is 5.95 Å². The molecule has 90 valence electrons. The first kappa shape index (κ1) is 12.7. The minimum Gasteiger partial charge on any atom is -0.476 e. The summed E-state index contributed by atoms with van der Waals surface area (Å²) in [6.45, 7) is 6.26. The van der Waals surface area contributed by atoms with Gasteiger partial charge in [-0.25, -0.2) is 4.98 Å². The Balaban J connectivity index is 2.58. The molecule has 0 aliphatic rings. The Hall–Kier alpha value is -1.36. The van der Waals surface area contributed by atoms with Crippen molar-refractivity contribution < 1.29 is 4.74 Å². The van der Waals surface area contributed by atoms with Gasteiger partial charge in [0, 0.05) is 24.8 Å². The van der Waals surface area contributed by atoms with Gasteiger partial charge in [0.2, 0.25) is 11.8 Å². The molecule has 0 bridgehead atoms. The van der Waals surface area contributed by atoms with E-state index in [1.54, 1.807) is 0 Å². The van der Waals surface area contributed by atoms with E-state index in [0.29, 0.717) is 18.4 Å². The Morgan fingerprint density at radius 2 is 2.12 bits per heavy atom. The van der Waals surface area contributed by atoms with Crippen LogP contribution in [0, 0.1) is 6.92 Å².